The smallest absolute Gasteiger partial charge is 0.107 e. The van der Waals surface area contributed by atoms with E-state index in [1.54, 1.807) is 11.3 Å². The van der Waals surface area contributed by atoms with Crippen molar-refractivity contribution in [1.82, 2.24) is 9.88 Å². The second-order valence-electron chi connectivity index (χ2n) is 3.70. The Morgan fingerprint density at radius 2 is 2.27 bits per heavy atom. The third-order valence-electron chi connectivity index (χ3n) is 2.25. The molecule has 2 nitrogen and oxygen atoms in total. The van der Waals surface area contributed by atoms with Crippen LogP contribution in [0.25, 0.3) is 0 Å². The second kappa shape index (κ2) is 7.36. The summed E-state index contributed by atoms with van der Waals surface area (Å²) >= 11 is 5.27. The van der Waals surface area contributed by atoms with Crippen molar-refractivity contribution in [1.29, 1.82) is 0 Å². The van der Waals surface area contributed by atoms with E-state index in [1.807, 2.05) is 0 Å². The first kappa shape index (κ1) is 13.1. The summed E-state index contributed by atoms with van der Waals surface area (Å²) in [5.74, 6) is 0. The van der Waals surface area contributed by atoms with E-state index in [-0.39, 0.29) is 0 Å². The molecule has 1 rings (SSSR count). The maximum atomic E-state index is 4.50. The first-order chi connectivity index (χ1) is 7.26. The van der Waals surface area contributed by atoms with E-state index in [2.05, 4.69) is 45.0 Å². The highest BCUT2D eigenvalue weighted by Crippen LogP contribution is 2.12. The molecule has 0 saturated heterocycles. The molecule has 1 aromatic heterocycles. The van der Waals surface area contributed by atoms with E-state index >= 15 is 0 Å². The molecule has 0 spiro atoms. The summed E-state index contributed by atoms with van der Waals surface area (Å²) in [6, 6.07) is 0. The number of aromatic nitrogens is 1. The average molecular weight is 291 g/mol. The van der Waals surface area contributed by atoms with Gasteiger partial charge in [-0.1, -0.05) is 29.3 Å². The number of thiazole rings is 1. The summed E-state index contributed by atoms with van der Waals surface area (Å²) in [5, 5.41) is 4.41. The lowest BCUT2D eigenvalue weighted by atomic mass is 10.3. The molecular weight excluding hydrogens is 272 g/mol. The van der Waals surface area contributed by atoms with E-state index in [4.69, 9.17) is 0 Å². The van der Waals surface area contributed by atoms with Gasteiger partial charge in [-0.2, -0.15) is 0 Å². The van der Waals surface area contributed by atoms with Crippen LogP contribution in [0.3, 0.4) is 0 Å². The minimum absolute atomic E-state index is 1.00. The molecule has 0 unspecified atom stereocenters. The molecule has 0 amide bonds. The van der Waals surface area contributed by atoms with Crippen molar-refractivity contribution in [2.24, 2.45) is 0 Å². The van der Waals surface area contributed by atoms with Gasteiger partial charge in [0.25, 0.3) is 0 Å². The predicted molar refractivity (Wildman–Crippen MR) is 70.8 cm³/mol. The van der Waals surface area contributed by atoms with Gasteiger partial charge in [0, 0.05) is 22.9 Å². The lowest BCUT2D eigenvalue weighted by molar-refractivity contribution is 0.278. The zero-order chi connectivity index (χ0) is 11.1. The molecule has 4 heteroatoms. The predicted octanol–water partition coefficient (Wildman–Crippen LogP) is 3.45. The molecule has 0 aliphatic carbocycles. The molecule has 86 valence electrons. The zero-order valence-corrected chi connectivity index (χ0v) is 11.9. The first-order valence-electron chi connectivity index (χ1n) is 5.45. The number of hydrogen-bond acceptors (Lipinski definition) is 3. The van der Waals surface area contributed by atoms with Crippen LogP contribution in [-0.4, -0.2) is 28.3 Å². The Morgan fingerprint density at radius 3 is 2.80 bits per heavy atom. The summed E-state index contributed by atoms with van der Waals surface area (Å²) in [6.45, 7) is 7.59. The van der Waals surface area contributed by atoms with Gasteiger partial charge < -0.3 is 0 Å². The highest BCUT2D eigenvalue weighted by Gasteiger charge is 2.07. The standard InChI is InChI=1S/C11H19BrN2S/c1-3-4-6-14(7-5-12)8-11-13-10(2)9-15-11/h9H,3-8H2,1-2H3. The van der Waals surface area contributed by atoms with Crippen LogP contribution >= 0.6 is 27.3 Å². The van der Waals surface area contributed by atoms with Gasteiger partial charge in [0.2, 0.25) is 0 Å². The van der Waals surface area contributed by atoms with Gasteiger partial charge in [0.05, 0.1) is 6.54 Å². The molecule has 0 saturated carbocycles. The van der Waals surface area contributed by atoms with Gasteiger partial charge in [-0.15, -0.1) is 11.3 Å². The van der Waals surface area contributed by atoms with Crippen molar-refractivity contribution in [3.8, 4) is 0 Å². The van der Waals surface area contributed by atoms with Gasteiger partial charge >= 0.3 is 0 Å². The molecule has 0 aliphatic heterocycles. The number of hydrogen-bond donors (Lipinski definition) is 0. The zero-order valence-electron chi connectivity index (χ0n) is 9.50. The Hall–Kier alpha value is 0.0700. The van der Waals surface area contributed by atoms with Gasteiger partial charge in [-0.05, 0) is 19.9 Å². The molecule has 1 heterocycles. The summed E-state index contributed by atoms with van der Waals surface area (Å²) in [7, 11) is 0. The lowest BCUT2D eigenvalue weighted by Gasteiger charge is -2.19. The third kappa shape index (κ3) is 5.09. The van der Waals surface area contributed by atoms with Crippen LogP contribution < -0.4 is 0 Å². The monoisotopic (exact) mass is 290 g/mol. The van der Waals surface area contributed by atoms with Crippen LogP contribution in [0.2, 0.25) is 0 Å². The molecule has 0 bridgehead atoms. The number of aryl methyl sites for hydroxylation is 1. The number of alkyl halides is 1. The maximum Gasteiger partial charge on any atom is 0.107 e. The van der Waals surface area contributed by atoms with Gasteiger partial charge in [-0.3, -0.25) is 4.90 Å². The van der Waals surface area contributed by atoms with Crippen molar-refractivity contribution in [3.05, 3.63) is 16.1 Å². The SMILES string of the molecule is CCCCN(CCBr)Cc1nc(C)cs1. The van der Waals surface area contributed by atoms with Gasteiger partial charge in [-0.25, -0.2) is 4.98 Å². The molecule has 0 aromatic carbocycles. The van der Waals surface area contributed by atoms with Crippen molar-refractivity contribution in [3.63, 3.8) is 0 Å². The third-order valence-corrected chi connectivity index (χ3v) is 3.56. The fourth-order valence-electron chi connectivity index (χ4n) is 1.44. The number of nitrogens with zero attached hydrogens (tertiary/aromatic N) is 2. The number of unbranched alkanes of at least 4 members (excludes halogenated alkanes) is 1. The van der Waals surface area contributed by atoms with Crippen LogP contribution in [0.5, 0.6) is 0 Å². The normalized spacial score (nSPS) is 11.2. The summed E-state index contributed by atoms with van der Waals surface area (Å²) < 4.78 is 0. The molecule has 0 atom stereocenters. The maximum absolute atomic E-state index is 4.50. The van der Waals surface area contributed by atoms with Crippen LogP contribution in [-0.2, 0) is 6.54 Å². The van der Waals surface area contributed by atoms with Crippen molar-refractivity contribution < 1.29 is 0 Å². The molecule has 0 fully saturated rings. The Balaban J connectivity index is 2.42. The molecule has 15 heavy (non-hydrogen) atoms. The highest BCUT2D eigenvalue weighted by atomic mass is 79.9. The summed E-state index contributed by atoms with van der Waals surface area (Å²) in [4.78, 5) is 6.97. The van der Waals surface area contributed by atoms with Crippen molar-refractivity contribution in [2.45, 2.75) is 33.2 Å². The largest absolute Gasteiger partial charge is 0.296 e. The van der Waals surface area contributed by atoms with Crippen LogP contribution in [0.4, 0.5) is 0 Å². The van der Waals surface area contributed by atoms with Crippen molar-refractivity contribution >= 4 is 27.3 Å². The Labute approximate surface area is 105 Å². The summed E-state index contributed by atoms with van der Waals surface area (Å²) in [6.07, 6.45) is 2.53. The average Bonchev–Trinajstić information content (AvgIpc) is 2.61. The number of rotatable bonds is 7. The van der Waals surface area contributed by atoms with Crippen LogP contribution in [0.15, 0.2) is 5.38 Å². The Morgan fingerprint density at radius 1 is 1.47 bits per heavy atom. The van der Waals surface area contributed by atoms with Gasteiger partial charge in [0.15, 0.2) is 0 Å². The molecule has 0 radical (unpaired) electrons. The minimum atomic E-state index is 1.00. The number of halogens is 1. The Kier molecular flexibility index (Phi) is 6.45. The Bertz CT molecular complexity index is 275. The van der Waals surface area contributed by atoms with E-state index in [1.165, 1.54) is 24.4 Å². The first-order valence-corrected chi connectivity index (χ1v) is 7.45. The van der Waals surface area contributed by atoms with Crippen molar-refractivity contribution in [2.75, 3.05) is 18.4 Å². The second-order valence-corrected chi connectivity index (χ2v) is 5.44. The minimum Gasteiger partial charge on any atom is -0.296 e. The van der Waals surface area contributed by atoms with E-state index in [0.29, 0.717) is 0 Å². The fourth-order valence-corrected chi connectivity index (χ4v) is 2.75. The van der Waals surface area contributed by atoms with E-state index in [0.717, 1.165) is 24.1 Å². The molecule has 0 N–H and O–H groups in total. The molecule has 1 aromatic rings. The fraction of sp³-hybridized carbons (Fsp3) is 0.727. The topological polar surface area (TPSA) is 16.1 Å². The highest BCUT2D eigenvalue weighted by molar-refractivity contribution is 9.09. The van der Waals surface area contributed by atoms with Crippen LogP contribution in [0, 0.1) is 6.92 Å². The summed E-state index contributed by atoms with van der Waals surface area (Å²) in [5.41, 5.74) is 1.14. The van der Waals surface area contributed by atoms with E-state index in [9.17, 15) is 0 Å². The molecular formula is C11H19BrN2S. The van der Waals surface area contributed by atoms with Gasteiger partial charge in [0.1, 0.15) is 5.01 Å². The molecule has 0 aliphatic rings. The van der Waals surface area contributed by atoms with Crippen LogP contribution in [0.1, 0.15) is 30.5 Å². The quantitative estimate of drug-likeness (QED) is 0.715. The van der Waals surface area contributed by atoms with E-state index < -0.39 is 0 Å². The lowest BCUT2D eigenvalue weighted by Crippen LogP contribution is -2.26.